The molecule has 0 atom stereocenters. The van der Waals surface area contributed by atoms with Crippen molar-refractivity contribution in [3.05, 3.63) is 141 Å². The van der Waals surface area contributed by atoms with E-state index in [4.69, 9.17) is 37.0 Å². The molecular weight excluding hydrogens is 837 g/mol. The summed E-state index contributed by atoms with van der Waals surface area (Å²) in [4.78, 5) is 53.6. The van der Waals surface area contributed by atoms with E-state index in [2.05, 4.69) is 52.9 Å². The van der Waals surface area contributed by atoms with Crippen molar-refractivity contribution in [3.63, 3.8) is 0 Å². The summed E-state index contributed by atoms with van der Waals surface area (Å²) in [5.74, 6) is -2.51. The molecule has 4 aromatic rings. The molecule has 62 heavy (non-hydrogen) atoms. The molecule has 0 aromatic heterocycles. The topological polar surface area (TPSA) is 160 Å². The first-order valence-corrected chi connectivity index (χ1v) is 19.8. The van der Waals surface area contributed by atoms with Gasteiger partial charge in [0.05, 0.1) is 48.3 Å². The Morgan fingerprint density at radius 2 is 1.35 bits per heavy atom. The van der Waals surface area contributed by atoms with Gasteiger partial charge in [0.15, 0.2) is 16.5 Å². The van der Waals surface area contributed by atoms with Crippen molar-refractivity contribution in [1.29, 1.82) is 0 Å². The van der Waals surface area contributed by atoms with Crippen LogP contribution in [0.4, 0.5) is 42.9 Å². The van der Waals surface area contributed by atoms with Crippen molar-refractivity contribution in [2.24, 2.45) is 4.99 Å². The number of thiocarbonyl (C=S) groups is 2. The molecule has 3 amide bonds. The fourth-order valence-electron chi connectivity index (χ4n) is 7.00. The molecule has 2 aliphatic carbocycles. The lowest BCUT2D eigenvalue weighted by Crippen LogP contribution is -2.55. The van der Waals surface area contributed by atoms with E-state index >= 15 is 0 Å². The van der Waals surface area contributed by atoms with Gasteiger partial charge >= 0.3 is 5.66 Å². The summed E-state index contributed by atoms with van der Waals surface area (Å²) in [6.45, 7) is 20.7. The molecule has 1 heterocycles. The van der Waals surface area contributed by atoms with Crippen LogP contribution < -0.4 is 25.8 Å². The molecule has 18 heteroatoms. The van der Waals surface area contributed by atoms with Crippen LogP contribution in [0.1, 0.15) is 70.4 Å². The first kappa shape index (κ1) is 46.1. The summed E-state index contributed by atoms with van der Waals surface area (Å²) in [6.07, 6.45) is 4.51. The highest BCUT2D eigenvalue weighted by molar-refractivity contribution is 7.81. The zero-order chi connectivity index (χ0) is 45.2. The number of carbonyl (C=O) groups is 3. The third kappa shape index (κ3) is 9.33. The molecule has 3 aliphatic rings. The largest absolute Gasteiger partial charge is 0.393 e. The van der Waals surface area contributed by atoms with Gasteiger partial charge in [0, 0.05) is 44.0 Å². The second kappa shape index (κ2) is 20.1. The molecule has 7 rings (SSSR count). The zero-order valence-corrected chi connectivity index (χ0v) is 35.1. The maximum Gasteiger partial charge on any atom is 0.305 e. The first-order chi connectivity index (χ1) is 29.8. The van der Waals surface area contributed by atoms with E-state index in [-0.39, 0.29) is 35.4 Å². The lowest BCUT2D eigenvalue weighted by molar-refractivity contribution is -0.123. The van der Waals surface area contributed by atoms with Crippen LogP contribution in [-0.4, -0.2) is 63.5 Å². The van der Waals surface area contributed by atoms with Crippen LogP contribution in [-0.2, 0) is 18.0 Å². The number of aliphatic hydroxyl groups excluding tert-OH is 2. The maximum atomic E-state index is 14.7. The van der Waals surface area contributed by atoms with Gasteiger partial charge in [0.2, 0.25) is 0 Å². The van der Waals surface area contributed by atoms with E-state index in [1.54, 1.807) is 47.4 Å². The van der Waals surface area contributed by atoms with Crippen LogP contribution >= 0.6 is 24.4 Å². The average Bonchev–Trinajstić information content (AvgIpc) is 3.50. The monoisotopic (exact) mass is 875 g/mol. The third-order valence-corrected chi connectivity index (χ3v) is 11.1. The van der Waals surface area contributed by atoms with Crippen LogP contribution in [0.2, 0.25) is 0 Å². The Kier molecular flexibility index (Phi) is 14.9. The van der Waals surface area contributed by atoms with Crippen LogP contribution in [0.25, 0.3) is 14.5 Å². The van der Waals surface area contributed by atoms with Crippen molar-refractivity contribution in [2.45, 2.75) is 62.9 Å². The average molecular weight is 876 g/mol. The molecule has 316 valence electrons. The predicted molar refractivity (Wildman–Crippen MR) is 237 cm³/mol. The number of anilines is 3. The van der Waals surface area contributed by atoms with Crippen LogP contribution in [0.3, 0.4) is 0 Å². The van der Waals surface area contributed by atoms with Gasteiger partial charge in [0.1, 0.15) is 17.2 Å². The van der Waals surface area contributed by atoms with Gasteiger partial charge in [-0.1, -0.05) is 12.1 Å². The molecule has 3 fully saturated rings. The van der Waals surface area contributed by atoms with Gasteiger partial charge in [0.25, 0.3) is 17.7 Å². The second-order valence-electron chi connectivity index (χ2n) is 14.2. The summed E-state index contributed by atoms with van der Waals surface area (Å²) in [5, 5.41) is 28.7. The van der Waals surface area contributed by atoms with Gasteiger partial charge in [-0.3, -0.25) is 24.1 Å². The quantitative estimate of drug-likeness (QED) is 0.0636. The summed E-state index contributed by atoms with van der Waals surface area (Å²) >= 11 is 10.1. The summed E-state index contributed by atoms with van der Waals surface area (Å²) < 4.78 is 28.4. The molecule has 5 N–H and O–H groups in total. The number of carbonyl (C=O) groups excluding carboxylic acids is 3. The SMILES string of the molecule is [C-]#[N+]C1(Nc2ccc(C(=O)NC)c(F)c2)CCC1.[C-]#[N+]c1ccc(N2C(=O)C3(CCC3)N(c3ccc(C(=O)NC)c(F)c3)C2=S)cc1CO.[C-]#[N+]c1ccc(N=C=S)cc1CO. The molecule has 1 aliphatic heterocycles. The lowest BCUT2D eigenvalue weighted by atomic mass is 9.75. The molecule has 4 aromatic carbocycles. The molecule has 2 saturated carbocycles. The summed E-state index contributed by atoms with van der Waals surface area (Å²) in [5.41, 5.74) is 2.09. The molecule has 1 saturated heterocycles. The van der Waals surface area contributed by atoms with Gasteiger partial charge in [-0.15, -0.1) is 0 Å². The number of benzene rings is 4. The molecule has 0 radical (unpaired) electrons. The van der Waals surface area contributed by atoms with Crippen molar-refractivity contribution in [3.8, 4) is 0 Å². The number of nitrogens with zero attached hydrogens (tertiary/aromatic N) is 6. The van der Waals surface area contributed by atoms with Crippen LogP contribution in [0.15, 0.2) is 77.8 Å². The summed E-state index contributed by atoms with van der Waals surface area (Å²) in [7, 11) is 2.88. The van der Waals surface area contributed by atoms with E-state index in [1.165, 1.54) is 49.3 Å². The van der Waals surface area contributed by atoms with Crippen LogP contribution in [0, 0.1) is 31.4 Å². The minimum atomic E-state index is -0.907. The molecule has 1 spiro atoms. The minimum Gasteiger partial charge on any atom is -0.393 e. The number of amides is 3. The predicted octanol–water partition coefficient (Wildman–Crippen LogP) is 8.15. The molecule has 0 bridgehead atoms. The Labute approximate surface area is 367 Å². The van der Waals surface area contributed by atoms with Gasteiger partial charge < -0.3 is 31.1 Å². The Bertz CT molecular complexity index is 2610. The fraction of sp³-hybridized carbons (Fsp3) is 0.273. The number of aliphatic hydroxyl groups is 2. The van der Waals surface area contributed by atoms with Crippen molar-refractivity contribution >= 4 is 86.6 Å². The number of aliphatic imine (C=N–C) groups is 1. The number of rotatable bonds is 9. The van der Waals surface area contributed by atoms with Crippen molar-refractivity contribution in [2.75, 3.05) is 29.2 Å². The zero-order valence-electron chi connectivity index (χ0n) is 33.5. The number of hydrogen-bond donors (Lipinski definition) is 5. The standard InChI is InChI=1S/C22H19FN4O3S.C13H14FN3O.C9H6N2OS/c1-24-18-7-5-14(10-13(18)12-28)26-20(30)22(8-3-9-22)27(21(26)31)15-4-6-16(17(23)11-15)19(29)25-2;1-15-12(18)10-5-4-9(8-11(10)14)17-13(16-2)6-3-7-13;1-10-9-3-2-8(11-6-13)4-7(9)5-12/h4-7,10-11,28H,3,8-9,12H2,2H3,(H,25,29);4-5,8,17H,3,6-7H2,1H3,(H,15,18);2-4,12H,5H2. The molecule has 0 unspecified atom stereocenters. The first-order valence-electron chi connectivity index (χ1n) is 19.0. The molecular formula is C44H39F2N9O5S2. The van der Waals surface area contributed by atoms with Crippen LogP contribution in [0.5, 0.6) is 0 Å². The maximum absolute atomic E-state index is 14.7. The second-order valence-corrected chi connectivity index (χ2v) is 14.7. The smallest absolute Gasteiger partial charge is 0.305 e. The van der Waals surface area contributed by atoms with Gasteiger partial charge in [-0.2, -0.15) is 4.99 Å². The number of nitrogens with one attached hydrogen (secondary N) is 3. The number of hydrogen-bond acceptors (Lipinski definition) is 9. The van der Waals surface area contributed by atoms with Gasteiger partial charge in [-0.25, -0.2) is 25.0 Å². The van der Waals surface area contributed by atoms with Gasteiger partial charge in [-0.05, 0) is 122 Å². The van der Waals surface area contributed by atoms with E-state index in [9.17, 15) is 28.3 Å². The lowest BCUT2D eigenvalue weighted by Gasteiger charge is -2.43. The van der Waals surface area contributed by atoms with E-state index in [0.717, 1.165) is 25.7 Å². The molecule has 14 nitrogen and oxygen atoms in total. The highest BCUT2D eigenvalue weighted by Gasteiger charge is 2.59. The Hall–Kier alpha value is -6.97. The number of isothiocyanates is 1. The Morgan fingerprint density at radius 1 is 0.806 bits per heavy atom. The van der Waals surface area contributed by atoms with E-state index in [0.29, 0.717) is 58.1 Å². The Morgan fingerprint density at radius 3 is 1.82 bits per heavy atom. The Balaban J connectivity index is 0.000000197. The van der Waals surface area contributed by atoms with Crippen molar-refractivity contribution in [1.82, 2.24) is 10.6 Å². The normalized spacial score (nSPS) is 15.0. The van der Waals surface area contributed by atoms with E-state index in [1.807, 2.05) is 0 Å². The summed E-state index contributed by atoms with van der Waals surface area (Å²) in [6, 6.07) is 18.1. The highest BCUT2D eigenvalue weighted by atomic mass is 32.1. The van der Waals surface area contributed by atoms with E-state index < -0.39 is 34.7 Å². The van der Waals surface area contributed by atoms with Crippen molar-refractivity contribution < 1.29 is 33.4 Å². The third-order valence-electron chi connectivity index (χ3n) is 10.6. The number of halogens is 2. The highest BCUT2D eigenvalue weighted by Crippen LogP contribution is 2.48. The fourth-order valence-corrected chi connectivity index (χ4v) is 7.58. The minimum absolute atomic E-state index is 0.00789.